The number of fused-ring (bicyclic) bond motifs is 1. The molecule has 2 N–H and O–H groups in total. The standard InChI is InChI=1S/C19H31N7O2.CH2O2/c1-24-9-16(19(28)25-10-14-3-2-4-15(14)11-25)5-6-17(12-24)21-18(27)7-8-26-13-20-22-23-26;2-1-3/h13-17H,2-12H2,1H3,(H,21,27);1H,(H,2,3)/t14-,15+,16-,17+;/m1./s1. The van der Waals surface area contributed by atoms with Crippen molar-refractivity contribution in [3.8, 4) is 0 Å². The van der Waals surface area contributed by atoms with Gasteiger partial charge in [0.05, 0.1) is 12.5 Å². The molecule has 0 spiro atoms. The van der Waals surface area contributed by atoms with E-state index in [0.29, 0.717) is 18.9 Å². The van der Waals surface area contributed by atoms with Crippen LogP contribution in [0.2, 0.25) is 0 Å². The first-order valence-corrected chi connectivity index (χ1v) is 11.1. The van der Waals surface area contributed by atoms with Gasteiger partial charge >= 0.3 is 0 Å². The maximum Gasteiger partial charge on any atom is 0.290 e. The third-order valence-corrected chi connectivity index (χ3v) is 6.64. The van der Waals surface area contributed by atoms with Gasteiger partial charge in [-0.3, -0.25) is 14.4 Å². The Morgan fingerprint density at radius 3 is 2.48 bits per heavy atom. The van der Waals surface area contributed by atoms with E-state index < -0.39 is 0 Å². The van der Waals surface area contributed by atoms with Crippen LogP contribution in [0.25, 0.3) is 0 Å². The van der Waals surface area contributed by atoms with Crippen molar-refractivity contribution >= 4 is 18.3 Å². The van der Waals surface area contributed by atoms with Crippen molar-refractivity contribution < 1.29 is 19.5 Å². The smallest absolute Gasteiger partial charge is 0.290 e. The molecule has 11 heteroatoms. The molecule has 31 heavy (non-hydrogen) atoms. The Morgan fingerprint density at radius 1 is 1.13 bits per heavy atom. The van der Waals surface area contributed by atoms with Crippen LogP contribution in [0.3, 0.4) is 0 Å². The molecule has 4 atom stereocenters. The van der Waals surface area contributed by atoms with Crippen LogP contribution in [-0.2, 0) is 20.9 Å². The predicted octanol–water partition coefficient (Wildman–Crippen LogP) is -0.151. The quantitative estimate of drug-likeness (QED) is 0.610. The molecular weight excluding hydrogens is 402 g/mol. The van der Waals surface area contributed by atoms with Crippen LogP contribution >= 0.6 is 0 Å². The van der Waals surface area contributed by atoms with E-state index in [1.807, 2.05) is 7.05 Å². The summed E-state index contributed by atoms with van der Waals surface area (Å²) in [6.45, 7) is 3.70. The zero-order valence-electron chi connectivity index (χ0n) is 18.1. The van der Waals surface area contributed by atoms with Crippen molar-refractivity contribution in [1.82, 2.24) is 35.3 Å². The Bertz CT molecular complexity index is 717. The molecule has 2 aliphatic heterocycles. The van der Waals surface area contributed by atoms with E-state index >= 15 is 0 Å². The van der Waals surface area contributed by atoms with E-state index in [9.17, 15) is 9.59 Å². The molecule has 1 aromatic heterocycles. The zero-order chi connectivity index (χ0) is 22.2. The fourth-order valence-corrected chi connectivity index (χ4v) is 5.20. The molecule has 1 saturated carbocycles. The molecule has 0 radical (unpaired) electrons. The molecule has 2 amide bonds. The van der Waals surface area contributed by atoms with E-state index in [1.54, 1.807) is 4.68 Å². The van der Waals surface area contributed by atoms with E-state index in [0.717, 1.165) is 50.9 Å². The molecule has 3 aliphatic rings. The fourth-order valence-electron chi connectivity index (χ4n) is 5.20. The number of aromatic nitrogens is 4. The summed E-state index contributed by atoms with van der Waals surface area (Å²) in [5.74, 6) is 1.85. The van der Waals surface area contributed by atoms with Crippen molar-refractivity contribution in [3.05, 3.63) is 6.33 Å². The van der Waals surface area contributed by atoms with E-state index in [-0.39, 0.29) is 24.3 Å². The average Bonchev–Trinajstić information content (AvgIpc) is 3.44. The summed E-state index contributed by atoms with van der Waals surface area (Å²) in [5, 5.41) is 20.9. The number of nitrogens with zero attached hydrogens (tertiary/aromatic N) is 6. The largest absolute Gasteiger partial charge is 0.483 e. The van der Waals surface area contributed by atoms with Crippen LogP contribution in [0.1, 0.15) is 38.5 Å². The Hall–Kier alpha value is -2.56. The number of carbonyl (C=O) groups is 3. The maximum absolute atomic E-state index is 13.1. The molecule has 4 rings (SSSR count). The van der Waals surface area contributed by atoms with Crippen LogP contribution in [0.15, 0.2) is 6.33 Å². The summed E-state index contributed by atoms with van der Waals surface area (Å²) < 4.78 is 1.55. The highest BCUT2D eigenvalue weighted by atomic mass is 16.3. The molecule has 172 valence electrons. The third kappa shape index (κ3) is 6.46. The highest BCUT2D eigenvalue weighted by molar-refractivity contribution is 5.79. The number of hydrogen-bond acceptors (Lipinski definition) is 7. The Kier molecular flexibility index (Phi) is 8.33. The van der Waals surface area contributed by atoms with Crippen LogP contribution in [0, 0.1) is 17.8 Å². The Morgan fingerprint density at radius 2 is 1.84 bits per heavy atom. The highest BCUT2D eigenvalue weighted by Gasteiger charge is 2.40. The van der Waals surface area contributed by atoms with Gasteiger partial charge in [0, 0.05) is 38.6 Å². The number of carboxylic acid groups (broad SMARTS) is 1. The van der Waals surface area contributed by atoms with Crippen molar-refractivity contribution in [2.45, 2.75) is 51.1 Å². The summed E-state index contributed by atoms with van der Waals surface area (Å²) in [4.78, 5) is 38.0. The van der Waals surface area contributed by atoms with E-state index in [2.05, 4.69) is 30.6 Å². The van der Waals surface area contributed by atoms with Gasteiger partial charge in [-0.15, -0.1) is 5.10 Å². The minimum absolute atomic E-state index is 0.00560. The Labute approximate surface area is 182 Å². The zero-order valence-corrected chi connectivity index (χ0v) is 18.1. The lowest BCUT2D eigenvalue weighted by atomic mass is 10.00. The number of tetrazole rings is 1. The van der Waals surface area contributed by atoms with Gasteiger partial charge in [0.15, 0.2) is 0 Å². The SMILES string of the molecule is CN1C[C@@H](NC(=O)CCn2cnnn2)CC[C@@H](C(=O)N2C[C@H]3CCC[C@H]3C2)C1.O=CO. The average molecular weight is 436 g/mol. The highest BCUT2D eigenvalue weighted by Crippen LogP contribution is 2.38. The lowest BCUT2D eigenvalue weighted by Crippen LogP contribution is -2.42. The molecule has 3 fully saturated rings. The number of carbonyl (C=O) groups excluding carboxylic acids is 2. The molecule has 11 nitrogen and oxygen atoms in total. The van der Waals surface area contributed by atoms with Gasteiger partial charge in [-0.05, 0) is 55.0 Å². The second kappa shape index (κ2) is 11.2. The second-order valence-corrected chi connectivity index (χ2v) is 8.88. The molecule has 1 aromatic rings. The number of hydrogen-bond donors (Lipinski definition) is 2. The van der Waals surface area contributed by atoms with Crippen LogP contribution in [-0.4, -0.2) is 92.7 Å². The first kappa shape index (κ1) is 23.1. The van der Waals surface area contributed by atoms with Crippen molar-refractivity contribution in [2.24, 2.45) is 17.8 Å². The second-order valence-electron chi connectivity index (χ2n) is 8.88. The normalized spacial score (nSPS) is 28.2. The fraction of sp³-hybridized carbons (Fsp3) is 0.800. The van der Waals surface area contributed by atoms with Gasteiger partial charge in [0.1, 0.15) is 6.33 Å². The molecule has 1 aliphatic carbocycles. The summed E-state index contributed by atoms with van der Waals surface area (Å²) in [6.07, 6.45) is 7.46. The number of aryl methyl sites for hydroxylation is 1. The lowest BCUT2D eigenvalue weighted by Gasteiger charge is -2.25. The van der Waals surface area contributed by atoms with Crippen LogP contribution in [0.5, 0.6) is 0 Å². The van der Waals surface area contributed by atoms with E-state index in [4.69, 9.17) is 9.90 Å². The van der Waals surface area contributed by atoms with Crippen LogP contribution in [0.4, 0.5) is 0 Å². The van der Waals surface area contributed by atoms with Gasteiger partial charge in [-0.2, -0.15) is 0 Å². The summed E-state index contributed by atoms with van der Waals surface area (Å²) in [6, 6.07) is 0.0853. The van der Waals surface area contributed by atoms with Crippen LogP contribution < -0.4 is 5.32 Å². The summed E-state index contributed by atoms with van der Waals surface area (Å²) in [5.41, 5.74) is 0. The van der Waals surface area contributed by atoms with Gasteiger partial charge in [-0.1, -0.05) is 6.42 Å². The minimum atomic E-state index is -0.250. The number of likely N-dealkylation sites (N-methyl/N-ethyl adjacent to an activating group) is 1. The van der Waals surface area contributed by atoms with Gasteiger partial charge in [-0.25, -0.2) is 4.68 Å². The van der Waals surface area contributed by atoms with Crippen molar-refractivity contribution in [3.63, 3.8) is 0 Å². The van der Waals surface area contributed by atoms with Crippen molar-refractivity contribution in [2.75, 3.05) is 33.2 Å². The first-order valence-electron chi connectivity index (χ1n) is 11.1. The maximum atomic E-state index is 13.1. The number of amides is 2. The molecular formula is C20H33N7O4. The summed E-state index contributed by atoms with van der Waals surface area (Å²) >= 11 is 0. The summed E-state index contributed by atoms with van der Waals surface area (Å²) in [7, 11) is 2.05. The van der Waals surface area contributed by atoms with E-state index in [1.165, 1.54) is 25.6 Å². The first-order chi connectivity index (χ1) is 15.0. The topological polar surface area (TPSA) is 134 Å². The van der Waals surface area contributed by atoms with Gasteiger partial charge in [0.2, 0.25) is 11.8 Å². The number of nitrogens with one attached hydrogen (secondary N) is 1. The molecule has 0 unspecified atom stereocenters. The van der Waals surface area contributed by atoms with Crippen molar-refractivity contribution in [1.29, 1.82) is 0 Å². The predicted molar refractivity (Wildman–Crippen MR) is 111 cm³/mol. The third-order valence-electron chi connectivity index (χ3n) is 6.64. The number of rotatable bonds is 5. The monoisotopic (exact) mass is 435 g/mol. The molecule has 0 bridgehead atoms. The Balaban J connectivity index is 0.000000858. The molecule has 2 saturated heterocycles. The molecule has 3 heterocycles. The number of likely N-dealkylation sites (tertiary alicyclic amines) is 2. The lowest BCUT2D eigenvalue weighted by molar-refractivity contribution is -0.135. The van der Waals surface area contributed by atoms with Gasteiger partial charge < -0.3 is 20.2 Å². The molecule has 0 aromatic carbocycles. The minimum Gasteiger partial charge on any atom is -0.483 e. The van der Waals surface area contributed by atoms with Gasteiger partial charge in [0.25, 0.3) is 6.47 Å².